The van der Waals surface area contributed by atoms with E-state index in [1.165, 1.54) is 27.8 Å². The molecule has 0 atom stereocenters. The number of hydrogen-bond acceptors (Lipinski definition) is 1. The van der Waals surface area contributed by atoms with E-state index in [0.29, 0.717) is 0 Å². The second kappa shape index (κ2) is 4.23. The highest BCUT2D eigenvalue weighted by Gasteiger charge is 2.13. The van der Waals surface area contributed by atoms with Crippen LogP contribution < -0.4 is 0 Å². The molecule has 3 aromatic rings. The molecule has 1 N–H and O–H groups in total. The van der Waals surface area contributed by atoms with Gasteiger partial charge in [-0.15, -0.1) is 0 Å². The fourth-order valence-electron chi connectivity index (χ4n) is 2.64. The van der Waals surface area contributed by atoms with Crippen LogP contribution in [0, 0.1) is 27.7 Å². The third-order valence-electron chi connectivity index (χ3n) is 3.99. The summed E-state index contributed by atoms with van der Waals surface area (Å²) in [6.07, 6.45) is 0. The van der Waals surface area contributed by atoms with Crippen LogP contribution in [-0.2, 0) is 0 Å². The second-order valence-electron chi connectivity index (χ2n) is 5.24. The van der Waals surface area contributed by atoms with E-state index in [2.05, 4.69) is 44.8 Å². The number of para-hydroxylation sites is 2. The molecular weight excluding hydrogens is 232 g/mol. The van der Waals surface area contributed by atoms with Gasteiger partial charge in [0.15, 0.2) is 0 Å². The Bertz CT molecular complexity index is 707. The molecule has 2 nitrogen and oxygen atoms in total. The van der Waals surface area contributed by atoms with Crippen molar-refractivity contribution in [2.75, 3.05) is 0 Å². The molecule has 2 heteroatoms. The van der Waals surface area contributed by atoms with E-state index in [4.69, 9.17) is 4.98 Å². The molecule has 0 spiro atoms. The van der Waals surface area contributed by atoms with Crippen molar-refractivity contribution < 1.29 is 0 Å². The van der Waals surface area contributed by atoms with Crippen molar-refractivity contribution in [3.05, 3.63) is 52.6 Å². The molecule has 0 aliphatic carbocycles. The van der Waals surface area contributed by atoms with E-state index in [9.17, 15) is 0 Å². The first-order valence-corrected chi connectivity index (χ1v) is 6.60. The Hall–Kier alpha value is -2.09. The zero-order valence-electron chi connectivity index (χ0n) is 11.8. The van der Waals surface area contributed by atoms with Gasteiger partial charge in [0.25, 0.3) is 0 Å². The topological polar surface area (TPSA) is 28.7 Å². The molecule has 0 saturated carbocycles. The molecule has 0 bridgehead atoms. The lowest BCUT2D eigenvalue weighted by atomic mass is 9.94. The quantitative estimate of drug-likeness (QED) is 0.678. The summed E-state index contributed by atoms with van der Waals surface area (Å²) in [7, 11) is 0. The van der Waals surface area contributed by atoms with Crippen LogP contribution in [-0.4, -0.2) is 9.97 Å². The van der Waals surface area contributed by atoms with Gasteiger partial charge in [-0.3, -0.25) is 0 Å². The van der Waals surface area contributed by atoms with Crippen molar-refractivity contribution in [1.29, 1.82) is 0 Å². The number of imidazole rings is 1. The van der Waals surface area contributed by atoms with Crippen molar-refractivity contribution in [2.45, 2.75) is 27.7 Å². The molecule has 0 amide bonds. The average Bonchev–Trinajstić information content (AvgIpc) is 2.80. The summed E-state index contributed by atoms with van der Waals surface area (Å²) < 4.78 is 0. The largest absolute Gasteiger partial charge is 0.338 e. The van der Waals surface area contributed by atoms with Crippen molar-refractivity contribution in [3.8, 4) is 11.4 Å². The zero-order chi connectivity index (χ0) is 13.6. The minimum atomic E-state index is 0.975. The van der Waals surface area contributed by atoms with E-state index < -0.39 is 0 Å². The Morgan fingerprint density at radius 1 is 0.895 bits per heavy atom. The summed E-state index contributed by atoms with van der Waals surface area (Å²) in [4.78, 5) is 8.17. The number of benzene rings is 2. The highest BCUT2D eigenvalue weighted by Crippen LogP contribution is 2.30. The van der Waals surface area contributed by atoms with Crippen molar-refractivity contribution in [1.82, 2.24) is 9.97 Å². The predicted octanol–water partition coefficient (Wildman–Crippen LogP) is 4.46. The Balaban J connectivity index is 2.32. The fraction of sp³-hybridized carbons (Fsp3) is 0.235. The van der Waals surface area contributed by atoms with Crippen LogP contribution in [0.3, 0.4) is 0 Å². The maximum atomic E-state index is 4.73. The Kier molecular flexibility index (Phi) is 2.67. The number of fused-ring (bicyclic) bond motifs is 1. The van der Waals surface area contributed by atoms with Gasteiger partial charge in [0.05, 0.1) is 11.0 Å². The van der Waals surface area contributed by atoms with Crippen LogP contribution >= 0.6 is 0 Å². The van der Waals surface area contributed by atoms with Gasteiger partial charge in [0.2, 0.25) is 0 Å². The SMILES string of the molecule is Cc1cc(C)c(C)c(-c2nc3ccccc3[nH]2)c1C. The number of rotatable bonds is 1. The number of aryl methyl sites for hydroxylation is 2. The highest BCUT2D eigenvalue weighted by molar-refractivity contribution is 5.81. The summed E-state index contributed by atoms with van der Waals surface area (Å²) in [5.74, 6) is 0.975. The van der Waals surface area contributed by atoms with E-state index in [1.54, 1.807) is 0 Å². The summed E-state index contributed by atoms with van der Waals surface area (Å²) in [5.41, 5.74) is 8.61. The molecule has 0 fully saturated rings. The maximum Gasteiger partial charge on any atom is 0.139 e. The van der Waals surface area contributed by atoms with Crippen molar-refractivity contribution >= 4 is 11.0 Å². The van der Waals surface area contributed by atoms with Crippen molar-refractivity contribution in [3.63, 3.8) is 0 Å². The first-order valence-electron chi connectivity index (χ1n) is 6.60. The van der Waals surface area contributed by atoms with Crippen LogP contribution in [0.2, 0.25) is 0 Å². The van der Waals surface area contributed by atoms with Crippen molar-refractivity contribution in [2.24, 2.45) is 0 Å². The number of H-pyrrole nitrogens is 1. The highest BCUT2D eigenvalue weighted by atomic mass is 14.9. The lowest BCUT2D eigenvalue weighted by Gasteiger charge is -2.13. The standard InChI is InChI=1S/C17H18N2/c1-10-9-11(2)13(4)16(12(10)3)17-18-14-7-5-6-8-15(14)19-17/h5-9H,1-4H3,(H,18,19). The normalized spacial score (nSPS) is 11.2. The molecule has 2 aromatic carbocycles. The molecule has 0 saturated heterocycles. The maximum absolute atomic E-state index is 4.73. The van der Waals surface area contributed by atoms with E-state index >= 15 is 0 Å². The number of nitrogens with one attached hydrogen (secondary N) is 1. The number of nitrogens with zero attached hydrogens (tertiary/aromatic N) is 1. The van der Waals surface area contributed by atoms with Gasteiger partial charge < -0.3 is 4.98 Å². The molecule has 1 aromatic heterocycles. The third-order valence-corrected chi connectivity index (χ3v) is 3.99. The van der Waals surface area contributed by atoms with Gasteiger partial charge in [-0.25, -0.2) is 4.98 Å². The van der Waals surface area contributed by atoms with Gasteiger partial charge >= 0.3 is 0 Å². The van der Waals surface area contributed by atoms with Crippen LogP contribution in [0.4, 0.5) is 0 Å². The Morgan fingerprint density at radius 3 is 2.16 bits per heavy atom. The monoisotopic (exact) mass is 250 g/mol. The van der Waals surface area contributed by atoms with Crippen LogP contribution in [0.1, 0.15) is 22.3 Å². The lowest BCUT2D eigenvalue weighted by Crippen LogP contribution is -1.96. The van der Waals surface area contributed by atoms with E-state index in [0.717, 1.165) is 16.9 Å². The van der Waals surface area contributed by atoms with Gasteiger partial charge in [-0.1, -0.05) is 18.2 Å². The Morgan fingerprint density at radius 2 is 1.53 bits per heavy atom. The number of aromatic nitrogens is 2. The molecule has 0 radical (unpaired) electrons. The molecular formula is C17H18N2. The predicted molar refractivity (Wildman–Crippen MR) is 80.5 cm³/mol. The van der Waals surface area contributed by atoms with Crippen LogP contribution in [0.25, 0.3) is 22.4 Å². The summed E-state index contributed by atoms with van der Waals surface area (Å²) in [5, 5.41) is 0. The first kappa shape index (κ1) is 12.0. The van der Waals surface area contributed by atoms with E-state index in [1.807, 2.05) is 18.2 Å². The average molecular weight is 250 g/mol. The van der Waals surface area contributed by atoms with Gasteiger partial charge in [-0.2, -0.15) is 0 Å². The van der Waals surface area contributed by atoms with Gasteiger partial charge in [0.1, 0.15) is 5.82 Å². The van der Waals surface area contributed by atoms with Gasteiger partial charge in [-0.05, 0) is 62.1 Å². The number of aromatic amines is 1. The molecule has 3 rings (SSSR count). The first-order chi connectivity index (χ1) is 9.08. The summed E-state index contributed by atoms with van der Waals surface area (Å²) in [6.45, 7) is 8.66. The van der Waals surface area contributed by atoms with Gasteiger partial charge in [0, 0.05) is 5.56 Å². The van der Waals surface area contributed by atoms with E-state index in [-0.39, 0.29) is 0 Å². The summed E-state index contributed by atoms with van der Waals surface area (Å²) in [6, 6.07) is 10.4. The van der Waals surface area contributed by atoms with Crippen LogP contribution in [0.5, 0.6) is 0 Å². The van der Waals surface area contributed by atoms with Crippen LogP contribution in [0.15, 0.2) is 30.3 Å². The fourth-order valence-corrected chi connectivity index (χ4v) is 2.64. The molecule has 0 aliphatic heterocycles. The lowest BCUT2D eigenvalue weighted by molar-refractivity contribution is 1.21. The molecule has 96 valence electrons. The smallest absolute Gasteiger partial charge is 0.139 e. The summed E-state index contributed by atoms with van der Waals surface area (Å²) >= 11 is 0. The Labute approximate surface area is 113 Å². The minimum absolute atomic E-state index is 0.975. The minimum Gasteiger partial charge on any atom is -0.338 e. The molecule has 0 aliphatic rings. The zero-order valence-corrected chi connectivity index (χ0v) is 11.8. The molecule has 1 heterocycles. The third kappa shape index (κ3) is 1.84. The molecule has 0 unspecified atom stereocenters. The molecule has 19 heavy (non-hydrogen) atoms. The second-order valence-corrected chi connectivity index (χ2v) is 5.24. The number of hydrogen-bond donors (Lipinski definition) is 1.